The first-order valence-electron chi connectivity index (χ1n) is 6.99. The Balaban J connectivity index is 2.04. The minimum absolute atomic E-state index is 0.0834. The quantitative estimate of drug-likeness (QED) is 0.531. The van der Waals surface area contributed by atoms with E-state index in [0.717, 1.165) is 11.1 Å². The Labute approximate surface area is 155 Å². The summed E-state index contributed by atoms with van der Waals surface area (Å²) in [7, 11) is -3.74. The average Bonchev–Trinajstić information content (AvgIpc) is 2.51. The number of aliphatic hydroxyl groups excluding tert-OH is 1. The molecule has 25 heavy (non-hydrogen) atoms. The maximum atomic E-state index is 12.0. The van der Waals surface area contributed by atoms with Crippen molar-refractivity contribution in [3.8, 4) is 0 Å². The first-order chi connectivity index (χ1) is 11.8. The summed E-state index contributed by atoms with van der Waals surface area (Å²) in [5, 5.41) is 15.4. The molecule has 0 spiro atoms. The molecule has 0 atom stereocenters. The van der Waals surface area contributed by atoms with E-state index in [1.54, 1.807) is 30.3 Å². The highest BCUT2D eigenvalue weighted by molar-refractivity contribution is 7.95. The monoisotopic (exact) mass is 398 g/mol. The van der Waals surface area contributed by atoms with Gasteiger partial charge in [-0.25, -0.2) is 13.4 Å². The number of halogens is 1. The summed E-state index contributed by atoms with van der Waals surface area (Å²) in [5.41, 5.74) is 1.41. The van der Waals surface area contributed by atoms with Crippen LogP contribution in [0.4, 0.5) is 17.2 Å². The first-order valence-corrected chi connectivity index (χ1v) is 9.32. The number of aliphatic hydroxyl groups is 1. The van der Waals surface area contributed by atoms with E-state index in [1.807, 2.05) is 6.07 Å². The molecule has 0 bridgehead atoms. The van der Waals surface area contributed by atoms with E-state index in [4.69, 9.17) is 16.7 Å². The zero-order chi connectivity index (χ0) is 18.3. The Morgan fingerprint density at radius 3 is 2.76 bits per heavy atom. The molecule has 2 aromatic rings. The lowest BCUT2D eigenvalue weighted by Gasteiger charge is -2.09. The van der Waals surface area contributed by atoms with Gasteiger partial charge in [0, 0.05) is 40.6 Å². The van der Waals surface area contributed by atoms with Crippen molar-refractivity contribution in [1.29, 1.82) is 0 Å². The zero-order valence-electron chi connectivity index (χ0n) is 12.8. The second-order valence-electron chi connectivity index (χ2n) is 4.77. The molecule has 1 heterocycles. The topological polar surface area (TPSA) is 103 Å². The lowest BCUT2D eigenvalue weighted by atomic mass is 10.3. The molecule has 1 aromatic carbocycles. The highest BCUT2D eigenvalue weighted by atomic mass is 35.5. The predicted molar refractivity (Wildman–Crippen MR) is 104 cm³/mol. The third kappa shape index (κ3) is 6.96. The van der Waals surface area contributed by atoms with Gasteiger partial charge in [0.2, 0.25) is 0 Å². The molecule has 1 aromatic heterocycles. The van der Waals surface area contributed by atoms with Crippen LogP contribution in [0, 0.1) is 0 Å². The fourth-order valence-electron chi connectivity index (χ4n) is 1.80. The highest BCUT2D eigenvalue weighted by Crippen LogP contribution is 2.21. The minimum Gasteiger partial charge on any atom is -0.487 e. The van der Waals surface area contributed by atoms with Crippen molar-refractivity contribution in [2.45, 2.75) is 0 Å². The molecule has 0 saturated heterocycles. The molecule has 0 saturated carbocycles. The number of hydrogen-bond donors (Lipinski definition) is 4. The number of nitrogens with zero attached hydrogens (tertiary/aromatic N) is 1. The Hall–Kier alpha value is -2.36. The summed E-state index contributed by atoms with van der Waals surface area (Å²) in [5.74, 6) is 0.155. The Morgan fingerprint density at radius 2 is 2.04 bits per heavy atom. The molecule has 0 aliphatic heterocycles. The van der Waals surface area contributed by atoms with Crippen molar-refractivity contribution in [2.24, 2.45) is 0 Å². The molecule has 132 valence electrons. The van der Waals surface area contributed by atoms with Gasteiger partial charge in [-0.3, -0.25) is 4.72 Å². The highest BCUT2D eigenvalue weighted by Gasteiger charge is 2.07. The van der Waals surface area contributed by atoms with E-state index >= 15 is 0 Å². The summed E-state index contributed by atoms with van der Waals surface area (Å²) in [6.45, 7) is 0.0834. The number of benzene rings is 1. The standard InChI is InChI=1S/C15H15ClN4O3S2/c16-11-3-1-4-12(9-11)19-13-5-7-17-14(10-13)20-25(22,23)8-2-6-18-15(21)24/h1-5,7-10H,6H2,(H2,17,19,20)(H2,18,21,24). The van der Waals surface area contributed by atoms with Gasteiger partial charge >= 0.3 is 0 Å². The van der Waals surface area contributed by atoms with Crippen molar-refractivity contribution in [2.75, 3.05) is 16.6 Å². The summed E-state index contributed by atoms with van der Waals surface area (Å²) < 4.78 is 26.2. The van der Waals surface area contributed by atoms with Crippen LogP contribution in [-0.4, -0.2) is 30.2 Å². The number of hydrogen-bond acceptors (Lipinski definition) is 5. The number of sulfonamides is 1. The molecular formula is C15H15ClN4O3S2. The molecule has 2 rings (SSSR count). The molecule has 0 amide bonds. The van der Waals surface area contributed by atoms with Gasteiger partial charge in [-0.1, -0.05) is 23.7 Å². The van der Waals surface area contributed by atoms with Gasteiger partial charge in [0.15, 0.2) is 0 Å². The van der Waals surface area contributed by atoms with Crippen LogP contribution < -0.4 is 15.4 Å². The van der Waals surface area contributed by atoms with Crippen LogP contribution in [0.2, 0.25) is 5.02 Å². The van der Waals surface area contributed by atoms with Gasteiger partial charge in [-0.2, -0.15) is 0 Å². The summed E-state index contributed by atoms with van der Waals surface area (Å²) in [6, 6.07) is 10.4. The number of pyridine rings is 1. The van der Waals surface area contributed by atoms with Crippen LogP contribution in [0.5, 0.6) is 0 Å². The molecule has 10 heteroatoms. The molecule has 0 unspecified atom stereocenters. The number of anilines is 3. The number of thiocarbonyl (C=S) groups is 1. The van der Waals surface area contributed by atoms with Gasteiger partial charge in [0.05, 0.1) is 0 Å². The fourth-order valence-corrected chi connectivity index (χ4v) is 2.89. The van der Waals surface area contributed by atoms with E-state index in [2.05, 4.69) is 32.6 Å². The summed E-state index contributed by atoms with van der Waals surface area (Å²) in [6.07, 6.45) is 2.78. The van der Waals surface area contributed by atoms with E-state index in [9.17, 15) is 8.42 Å². The largest absolute Gasteiger partial charge is 0.487 e. The van der Waals surface area contributed by atoms with Crippen LogP contribution in [0.25, 0.3) is 0 Å². The maximum absolute atomic E-state index is 12.0. The van der Waals surface area contributed by atoms with Gasteiger partial charge in [0.25, 0.3) is 15.2 Å². The fraction of sp³-hybridized carbons (Fsp3) is 0.0667. The van der Waals surface area contributed by atoms with E-state index in [1.165, 1.54) is 12.3 Å². The second-order valence-corrected chi connectivity index (χ2v) is 7.16. The lowest BCUT2D eigenvalue weighted by molar-refractivity contribution is 0.537. The van der Waals surface area contributed by atoms with Crippen molar-refractivity contribution >= 4 is 56.2 Å². The Morgan fingerprint density at radius 1 is 1.28 bits per heavy atom. The molecule has 4 N–H and O–H groups in total. The summed E-state index contributed by atoms with van der Waals surface area (Å²) in [4.78, 5) is 3.97. The smallest absolute Gasteiger partial charge is 0.255 e. The van der Waals surface area contributed by atoms with Crippen LogP contribution in [-0.2, 0) is 10.0 Å². The van der Waals surface area contributed by atoms with E-state index in [0.29, 0.717) is 10.7 Å². The first kappa shape index (κ1) is 19.0. The Kier molecular flexibility index (Phi) is 6.57. The Bertz CT molecular complexity index is 888. The van der Waals surface area contributed by atoms with Crippen molar-refractivity contribution < 1.29 is 13.5 Å². The van der Waals surface area contributed by atoms with Crippen LogP contribution >= 0.6 is 23.8 Å². The third-order valence-electron chi connectivity index (χ3n) is 2.77. The van der Waals surface area contributed by atoms with Crippen molar-refractivity contribution in [3.63, 3.8) is 0 Å². The van der Waals surface area contributed by atoms with Gasteiger partial charge in [-0.05, 0) is 36.5 Å². The summed E-state index contributed by atoms with van der Waals surface area (Å²) >= 11 is 10.3. The van der Waals surface area contributed by atoms with E-state index < -0.39 is 15.2 Å². The maximum Gasteiger partial charge on any atom is 0.255 e. The third-order valence-corrected chi connectivity index (χ3v) is 4.19. The van der Waals surface area contributed by atoms with Gasteiger partial charge in [-0.15, -0.1) is 0 Å². The molecule has 0 aliphatic carbocycles. The predicted octanol–water partition coefficient (Wildman–Crippen LogP) is 3.17. The SMILES string of the molecule is O=S(=O)(C=CCNC(O)=S)Nc1cc(Nc2cccc(Cl)c2)ccn1. The molecule has 7 nitrogen and oxygen atoms in total. The zero-order valence-corrected chi connectivity index (χ0v) is 15.2. The molecule has 0 fully saturated rings. The van der Waals surface area contributed by atoms with Gasteiger partial charge in [0.1, 0.15) is 5.82 Å². The number of rotatable bonds is 7. The van der Waals surface area contributed by atoms with Crippen LogP contribution in [0.15, 0.2) is 54.1 Å². The van der Waals surface area contributed by atoms with Crippen molar-refractivity contribution in [1.82, 2.24) is 10.3 Å². The average molecular weight is 399 g/mol. The van der Waals surface area contributed by atoms with Gasteiger partial charge < -0.3 is 15.7 Å². The lowest BCUT2D eigenvalue weighted by Crippen LogP contribution is -2.20. The molecular weight excluding hydrogens is 384 g/mol. The van der Waals surface area contributed by atoms with Crippen LogP contribution in [0.1, 0.15) is 0 Å². The van der Waals surface area contributed by atoms with Crippen molar-refractivity contribution in [3.05, 3.63) is 59.1 Å². The van der Waals surface area contributed by atoms with Crippen LogP contribution in [0.3, 0.4) is 0 Å². The van der Waals surface area contributed by atoms with E-state index in [-0.39, 0.29) is 12.4 Å². The molecule has 0 aliphatic rings. The minimum atomic E-state index is -3.74. The molecule has 0 radical (unpaired) electrons. The number of nitrogens with one attached hydrogen (secondary N) is 3. The number of aromatic nitrogens is 1. The second kappa shape index (κ2) is 8.65. The normalized spacial score (nSPS) is 11.2.